The average molecular weight is 2480 g/mol. The summed E-state index contributed by atoms with van der Waals surface area (Å²) in [4.78, 5) is 63.6. The second-order valence-electron chi connectivity index (χ2n) is 43.7. The van der Waals surface area contributed by atoms with E-state index in [1.807, 2.05) is 158 Å². The molecule has 12 aromatic carbocycles. The van der Waals surface area contributed by atoms with Gasteiger partial charge in [0.2, 0.25) is 0 Å². The Balaban J connectivity index is 0.000000148. The molecule has 0 spiro atoms. The Bertz CT molecular complexity index is 8230. The van der Waals surface area contributed by atoms with E-state index in [0.29, 0.717) is 46.3 Å². The van der Waals surface area contributed by atoms with Crippen molar-refractivity contribution in [3.05, 3.63) is 416 Å². The molecular weight excluding hydrogens is 2360 g/mol. The van der Waals surface area contributed by atoms with Crippen LogP contribution in [0.15, 0.2) is 365 Å². The number of hydrogen-bond donors (Lipinski definition) is 0. The number of hydrogen-bond acceptors (Lipinski definition) is 13. The number of fused-ring (bicyclic) bond motifs is 4. The predicted octanol–water partition coefficient (Wildman–Crippen LogP) is 32.0. The molecule has 3 aliphatic carbocycles. The molecule has 0 N–H and O–H groups in total. The van der Waals surface area contributed by atoms with Gasteiger partial charge in [-0.05, 0) is 160 Å². The molecule has 0 bridgehead atoms. The van der Waals surface area contributed by atoms with E-state index in [0.717, 1.165) is 152 Å². The fourth-order valence-corrected chi connectivity index (χ4v) is 21.8. The minimum Gasteiger partial charge on any atom is -0.338 e. The Labute approximate surface area is 916 Å². The largest absolute Gasteiger partial charge is 0.338 e. The summed E-state index contributed by atoms with van der Waals surface area (Å²) in [5, 5.41) is 1.05. The molecule has 0 amide bonds. The third-order valence-corrected chi connectivity index (χ3v) is 34.3. The van der Waals surface area contributed by atoms with E-state index in [9.17, 15) is 0 Å². The Morgan fingerprint density at radius 2 is 0.530 bits per heavy atom. The third kappa shape index (κ3) is 19.0. The van der Waals surface area contributed by atoms with Gasteiger partial charge in [-0.3, -0.25) is 0 Å². The van der Waals surface area contributed by atoms with Crippen molar-refractivity contribution in [1.29, 1.82) is 0 Å². The summed E-state index contributed by atoms with van der Waals surface area (Å²) in [5.41, 5.74) is 33.8. The summed E-state index contributed by atoms with van der Waals surface area (Å²) >= 11 is 0. The van der Waals surface area contributed by atoms with Crippen molar-refractivity contribution in [1.82, 2.24) is 69.4 Å². The first-order chi connectivity index (χ1) is 70.1. The van der Waals surface area contributed by atoms with Gasteiger partial charge in [0, 0.05) is 148 Å². The fraction of sp³-hybridized carbons (Fsp3) is 0.220. The van der Waals surface area contributed by atoms with Gasteiger partial charge in [-0.2, -0.15) is 0 Å². The van der Waals surface area contributed by atoms with Crippen LogP contribution in [0.3, 0.4) is 0 Å². The molecule has 8 aromatic heterocycles. The first-order valence-corrected chi connectivity index (χ1v) is 50.6. The van der Waals surface area contributed by atoms with Gasteiger partial charge in [-0.1, -0.05) is 373 Å². The monoisotopic (exact) mass is 2480 g/mol. The van der Waals surface area contributed by atoms with E-state index in [2.05, 4.69) is 353 Å². The number of rotatable bonds is 17. The van der Waals surface area contributed by atoms with Crippen LogP contribution in [-0.2, 0) is 99.4 Å². The minimum atomic E-state index is 0. The van der Waals surface area contributed by atoms with Gasteiger partial charge in [0.05, 0.1) is 22.5 Å². The summed E-state index contributed by atoms with van der Waals surface area (Å²) in [5.74, 6) is 4.85. The van der Waals surface area contributed by atoms with Gasteiger partial charge in [0.15, 0.2) is 46.6 Å². The van der Waals surface area contributed by atoms with Crippen molar-refractivity contribution < 1.29 is 60.3 Å². The molecule has 0 aliphatic heterocycles. The summed E-state index contributed by atoms with van der Waals surface area (Å²) < 4.78 is 2.26. The molecule has 3 aliphatic rings. The van der Waals surface area contributed by atoms with E-state index < -0.39 is 0 Å². The maximum absolute atomic E-state index is 5.10. The molecule has 747 valence electrons. The molecule has 14 nitrogen and oxygen atoms in total. The van der Waals surface area contributed by atoms with Crippen molar-refractivity contribution in [2.24, 2.45) is 16.2 Å². The Kier molecular flexibility index (Phi) is 28.8. The topological polar surface area (TPSA) is 172 Å². The van der Waals surface area contributed by atoms with E-state index in [-0.39, 0.29) is 109 Å². The maximum atomic E-state index is 5.10. The van der Waals surface area contributed by atoms with Crippen LogP contribution in [0.5, 0.6) is 0 Å². The summed E-state index contributed by atoms with van der Waals surface area (Å²) in [6.45, 7) is 45.5. The van der Waals surface area contributed by atoms with Gasteiger partial charge in [0.25, 0.3) is 0 Å². The molecule has 0 fully saturated rings. The molecular formula is C132H119Ir3N14-3. The van der Waals surface area contributed by atoms with E-state index >= 15 is 0 Å². The van der Waals surface area contributed by atoms with Crippen LogP contribution in [0, 0.1) is 34.4 Å². The average Bonchev–Trinajstić information content (AvgIpc) is 1.55. The number of pyridine rings is 3. The molecule has 23 rings (SSSR count). The summed E-state index contributed by atoms with van der Waals surface area (Å²) in [7, 11) is 0. The predicted molar refractivity (Wildman–Crippen MR) is 595 cm³/mol. The van der Waals surface area contributed by atoms with Crippen molar-refractivity contribution in [3.63, 3.8) is 0 Å². The normalized spacial score (nSPS) is 15.3. The Morgan fingerprint density at radius 3 is 0.953 bits per heavy atom. The third-order valence-electron chi connectivity index (χ3n) is 34.3. The van der Waals surface area contributed by atoms with E-state index in [1.54, 1.807) is 12.4 Å². The van der Waals surface area contributed by atoms with Crippen LogP contribution >= 0.6 is 0 Å². The zero-order valence-corrected chi connectivity index (χ0v) is 94.8. The Hall–Kier alpha value is -14.2. The molecule has 3 radical (unpaired) electrons. The number of aromatic nitrogens is 14. The van der Waals surface area contributed by atoms with E-state index in [1.165, 1.54) is 33.4 Å². The van der Waals surface area contributed by atoms with E-state index in [4.69, 9.17) is 59.8 Å². The molecule has 8 heterocycles. The summed E-state index contributed by atoms with van der Waals surface area (Å²) in [6, 6.07) is 124. The van der Waals surface area contributed by atoms with Gasteiger partial charge in [0.1, 0.15) is 0 Å². The molecule has 0 saturated heterocycles. The standard InChI is InChI=1S/C51H43N6.C47H44N5.C34H32N3.3Ir/c1-49(2)42-25-23-37(29-43(42)50(3,4)51(49,5)6)44-26-24-40(30-52-44)45-53-31-41(32-54-45)48-56-46(38-21-13-19-35(27-38)33-15-9-7-10-16-33)55-47(57-48)39-22-14-20-36(28-39)34-17-11-8-12-18-34;1-8-52-40(36-23-25-39(48-30-36)34-22-24-37-38(29-34)46(4,5)47(6,7)45(37,2)3)26-27-41(52)44-50-42(32-18-13-10-14-19-32)49-43(51-44)35-21-15-20-33(28-35)31-16-11-9-12-17-31;1-32(2)27-16-15-25(19-28(27)33(3,4)34(32,5)6)30-20-24(17-18-35-30)22-11-13-23(14-12-22)31-36-21-26-9-7-8-10-29(26)37-31;;;/h7-22,24-32H,1-6H3;9-21,23-30H,8H2,1-7H3;7-14,16-21H,1-6H3;;;/q3*-1;;;. The maximum Gasteiger partial charge on any atom is 0.180 e. The number of nitrogens with zero attached hydrogens (tertiary/aromatic N) is 14. The van der Waals surface area contributed by atoms with Crippen molar-refractivity contribution >= 4 is 10.9 Å². The van der Waals surface area contributed by atoms with Crippen molar-refractivity contribution in [2.75, 3.05) is 0 Å². The van der Waals surface area contributed by atoms with Gasteiger partial charge < -0.3 is 19.5 Å². The van der Waals surface area contributed by atoms with Crippen LogP contribution in [0.4, 0.5) is 0 Å². The molecule has 0 unspecified atom stereocenters. The van der Waals surface area contributed by atoms with Gasteiger partial charge >= 0.3 is 0 Å². The first kappa shape index (κ1) is 105. The smallest absolute Gasteiger partial charge is 0.180 e. The van der Waals surface area contributed by atoms with Crippen molar-refractivity contribution in [2.45, 2.75) is 171 Å². The SMILES string of the molecule is CC1(C)c2c[c-]c(-c3cc(-c4ccc(-c5ncc6ccccc6n5)cc4)ccn3)cc2C(C)(C)C1(C)C.CC1(C)c2c[c-]c(-c3ccc(-c4ncc(-c5nc(-c6cccc(-c7ccccc7)c6)nc(-c6cccc(-c7ccccc7)c6)n5)cn4)cn3)cc2C(C)(C)C1(C)C.CCn1c(-c2ccc(-c3[c-]cc4c(c3)C(C)(C)C(C)(C)C4(C)C)nc2)ccc1-c1nc(-c2ccccc2)nc(-c2cccc(-c3ccccc3)c2)n1.[Ir].[Ir].[Ir]. The van der Waals surface area contributed by atoms with Crippen molar-refractivity contribution in [3.8, 4) is 181 Å². The van der Waals surface area contributed by atoms with Gasteiger partial charge in [-0.15, -0.1) is 105 Å². The molecule has 149 heavy (non-hydrogen) atoms. The molecule has 17 heteroatoms. The molecule has 20 aromatic rings. The molecule has 0 saturated carbocycles. The quantitative estimate of drug-likeness (QED) is 0.0789. The van der Waals surface area contributed by atoms with Gasteiger partial charge in [-0.25, -0.2) is 49.8 Å². The zero-order valence-electron chi connectivity index (χ0n) is 87.6. The first-order valence-electron chi connectivity index (χ1n) is 50.6. The number of benzene rings is 12. The van der Waals surface area contributed by atoms with Crippen LogP contribution < -0.4 is 0 Å². The zero-order chi connectivity index (χ0) is 102. The van der Waals surface area contributed by atoms with Crippen LogP contribution in [0.25, 0.3) is 192 Å². The van der Waals surface area contributed by atoms with Crippen LogP contribution in [0.1, 0.15) is 165 Å². The molecule has 0 atom stereocenters. The van der Waals surface area contributed by atoms with Crippen LogP contribution in [-0.4, -0.2) is 69.4 Å². The summed E-state index contributed by atoms with van der Waals surface area (Å²) in [6.07, 6.45) is 11.1. The minimum absolute atomic E-state index is 0. The second kappa shape index (κ2) is 41.0. The second-order valence-corrected chi connectivity index (χ2v) is 43.7. The fourth-order valence-electron chi connectivity index (χ4n) is 21.8. The Morgan fingerprint density at radius 1 is 0.215 bits per heavy atom. The van der Waals surface area contributed by atoms with Crippen LogP contribution in [0.2, 0.25) is 0 Å². The number of para-hydroxylation sites is 1.